The molecule has 0 radical (unpaired) electrons. The molecule has 0 atom stereocenters. The number of anilines is 1. The summed E-state index contributed by atoms with van der Waals surface area (Å²) in [6.07, 6.45) is 3.55. The predicted octanol–water partition coefficient (Wildman–Crippen LogP) is 3.67. The van der Waals surface area contributed by atoms with E-state index in [1.54, 1.807) is 6.20 Å². The fourth-order valence-electron chi connectivity index (χ4n) is 1.94. The zero-order chi connectivity index (χ0) is 15.2. The van der Waals surface area contributed by atoms with Crippen LogP contribution in [-0.4, -0.2) is 21.5 Å². The van der Waals surface area contributed by atoms with Crippen LogP contribution in [-0.2, 0) is 6.42 Å². The number of nitrogens with zero attached hydrogens (tertiary/aromatic N) is 3. The Hall–Kier alpha value is -2.17. The highest BCUT2D eigenvalue weighted by molar-refractivity contribution is 5.49. The maximum Gasteiger partial charge on any atom is 0.227 e. The van der Waals surface area contributed by atoms with Gasteiger partial charge in [0.05, 0.1) is 11.8 Å². The Kier molecular flexibility index (Phi) is 5.09. The third-order valence-electron chi connectivity index (χ3n) is 3.06. The SMILES string of the molecule is CCCc1nc(NCC)c(C)c(Oc2ccc(C)nc2)n1. The number of ether oxygens (including phenoxy) is 1. The average molecular weight is 286 g/mol. The molecule has 0 amide bonds. The molecule has 5 nitrogen and oxygen atoms in total. The highest BCUT2D eigenvalue weighted by Gasteiger charge is 2.12. The highest BCUT2D eigenvalue weighted by Crippen LogP contribution is 2.27. The van der Waals surface area contributed by atoms with Crippen molar-refractivity contribution in [2.75, 3.05) is 11.9 Å². The molecule has 0 spiro atoms. The molecular formula is C16H22N4O. The molecule has 0 aliphatic heterocycles. The van der Waals surface area contributed by atoms with Crippen molar-refractivity contribution in [3.05, 3.63) is 35.4 Å². The average Bonchev–Trinajstić information content (AvgIpc) is 2.47. The highest BCUT2D eigenvalue weighted by atomic mass is 16.5. The number of hydrogen-bond donors (Lipinski definition) is 1. The molecule has 0 aromatic carbocycles. The van der Waals surface area contributed by atoms with E-state index in [-0.39, 0.29) is 0 Å². The third-order valence-corrected chi connectivity index (χ3v) is 3.06. The number of aromatic nitrogens is 3. The standard InChI is InChI=1S/C16H22N4O/c1-5-7-14-19-15(17-6-2)12(4)16(20-14)21-13-9-8-11(3)18-10-13/h8-10H,5-7H2,1-4H3,(H,17,19,20). The van der Waals surface area contributed by atoms with Crippen LogP contribution in [0.15, 0.2) is 18.3 Å². The van der Waals surface area contributed by atoms with Crippen LogP contribution in [0, 0.1) is 13.8 Å². The van der Waals surface area contributed by atoms with Crippen molar-refractivity contribution in [1.29, 1.82) is 0 Å². The van der Waals surface area contributed by atoms with Gasteiger partial charge < -0.3 is 10.1 Å². The van der Waals surface area contributed by atoms with Crippen LogP contribution in [0.3, 0.4) is 0 Å². The van der Waals surface area contributed by atoms with E-state index in [1.165, 1.54) is 0 Å². The minimum absolute atomic E-state index is 0.593. The van der Waals surface area contributed by atoms with Crippen LogP contribution in [0.2, 0.25) is 0 Å². The lowest BCUT2D eigenvalue weighted by Gasteiger charge is -2.13. The lowest BCUT2D eigenvalue weighted by molar-refractivity contribution is 0.452. The smallest absolute Gasteiger partial charge is 0.227 e. The van der Waals surface area contributed by atoms with E-state index in [0.29, 0.717) is 11.6 Å². The van der Waals surface area contributed by atoms with Gasteiger partial charge in [0.25, 0.3) is 0 Å². The first-order valence-electron chi connectivity index (χ1n) is 7.36. The lowest BCUT2D eigenvalue weighted by atomic mass is 10.2. The molecule has 1 N–H and O–H groups in total. The maximum atomic E-state index is 5.88. The van der Waals surface area contributed by atoms with Crippen molar-refractivity contribution in [1.82, 2.24) is 15.0 Å². The zero-order valence-corrected chi connectivity index (χ0v) is 13.1. The zero-order valence-electron chi connectivity index (χ0n) is 13.1. The van der Waals surface area contributed by atoms with Gasteiger partial charge in [-0.15, -0.1) is 0 Å². The quantitative estimate of drug-likeness (QED) is 0.878. The summed E-state index contributed by atoms with van der Waals surface area (Å²) in [5.41, 5.74) is 1.87. The van der Waals surface area contributed by atoms with Crippen molar-refractivity contribution in [2.24, 2.45) is 0 Å². The van der Waals surface area contributed by atoms with Gasteiger partial charge in [0, 0.05) is 18.7 Å². The molecule has 5 heteroatoms. The van der Waals surface area contributed by atoms with Gasteiger partial charge in [0.1, 0.15) is 17.4 Å². The van der Waals surface area contributed by atoms with Gasteiger partial charge in [-0.25, -0.2) is 4.98 Å². The number of rotatable bonds is 6. The van der Waals surface area contributed by atoms with Crippen LogP contribution >= 0.6 is 0 Å². The molecule has 0 saturated heterocycles. The summed E-state index contributed by atoms with van der Waals surface area (Å²) in [7, 11) is 0. The van der Waals surface area contributed by atoms with Crippen LogP contribution in [0.5, 0.6) is 11.6 Å². The van der Waals surface area contributed by atoms with Crippen molar-refractivity contribution in [3.63, 3.8) is 0 Å². The Bertz CT molecular complexity index is 596. The molecule has 2 aromatic rings. The Morgan fingerprint density at radius 1 is 1.14 bits per heavy atom. The van der Waals surface area contributed by atoms with Crippen molar-refractivity contribution in [2.45, 2.75) is 40.5 Å². The lowest BCUT2D eigenvalue weighted by Crippen LogP contribution is -2.08. The van der Waals surface area contributed by atoms with Crippen molar-refractivity contribution in [3.8, 4) is 11.6 Å². The van der Waals surface area contributed by atoms with Gasteiger partial charge in [0.2, 0.25) is 5.88 Å². The van der Waals surface area contributed by atoms with E-state index in [4.69, 9.17) is 4.74 Å². The second-order valence-electron chi connectivity index (χ2n) is 4.94. The summed E-state index contributed by atoms with van der Waals surface area (Å²) in [5.74, 6) is 2.92. The van der Waals surface area contributed by atoms with E-state index in [2.05, 4.69) is 27.2 Å². The van der Waals surface area contributed by atoms with Gasteiger partial charge in [-0.2, -0.15) is 4.98 Å². The molecule has 0 unspecified atom stereocenters. The monoisotopic (exact) mass is 286 g/mol. The second kappa shape index (κ2) is 7.02. The van der Waals surface area contributed by atoms with Gasteiger partial charge in [-0.3, -0.25) is 4.98 Å². The molecule has 2 rings (SSSR count). The van der Waals surface area contributed by atoms with Crippen LogP contribution in [0.25, 0.3) is 0 Å². The van der Waals surface area contributed by atoms with E-state index in [9.17, 15) is 0 Å². The second-order valence-corrected chi connectivity index (χ2v) is 4.94. The molecule has 21 heavy (non-hydrogen) atoms. The minimum Gasteiger partial charge on any atom is -0.437 e. The fraction of sp³-hybridized carbons (Fsp3) is 0.438. The summed E-state index contributed by atoms with van der Waals surface area (Å²) in [6.45, 7) is 8.88. The van der Waals surface area contributed by atoms with Crippen LogP contribution < -0.4 is 10.1 Å². The van der Waals surface area contributed by atoms with Crippen molar-refractivity contribution >= 4 is 5.82 Å². The van der Waals surface area contributed by atoms with Gasteiger partial charge in [-0.05, 0) is 39.3 Å². The largest absolute Gasteiger partial charge is 0.437 e. The molecule has 0 fully saturated rings. The Labute approximate surface area is 125 Å². The van der Waals surface area contributed by atoms with E-state index in [0.717, 1.165) is 42.3 Å². The predicted molar refractivity (Wildman–Crippen MR) is 84.0 cm³/mol. The number of pyridine rings is 1. The summed E-state index contributed by atoms with van der Waals surface area (Å²) >= 11 is 0. The minimum atomic E-state index is 0.593. The molecule has 0 saturated carbocycles. The van der Waals surface area contributed by atoms with E-state index >= 15 is 0 Å². The summed E-state index contributed by atoms with van der Waals surface area (Å²) in [4.78, 5) is 13.3. The van der Waals surface area contributed by atoms with Gasteiger partial charge in [0.15, 0.2) is 0 Å². The number of hydrogen-bond acceptors (Lipinski definition) is 5. The summed E-state index contributed by atoms with van der Waals surface area (Å²) in [6, 6.07) is 3.82. The number of nitrogens with one attached hydrogen (secondary N) is 1. The molecule has 112 valence electrons. The first-order chi connectivity index (χ1) is 10.1. The van der Waals surface area contributed by atoms with Gasteiger partial charge >= 0.3 is 0 Å². The van der Waals surface area contributed by atoms with E-state index in [1.807, 2.05) is 32.9 Å². The summed E-state index contributed by atoms with van der Waals surface area (Å²) in [5, 5.41) is 3.26. The first kappa shape index (κ1) is 15.2. The molecule has 0 aliphatic carbocycles. The Morgan fingerprint density at radius 3 is 2.57 bits per heavy atom. The van der Waals surface area contributed by atoms with Crippen molar-refractivity contribution < 1.29 is 4.74 Å². The van der Waals surface area contributed by atoms with E-state index < -0.39 is 0 Å². The topological polar surface area (TPSA) is 59.9 Å². The van der Waals surface area contributed by atoms with Crippen LogP contribution in [0.1, 0.15) is 37.4 Å². The Morgan fingerprint density at radius 2 is 1.95 bits per heavy atom. The van der Waals surface area contributed by atoms with Crippen LogP contribution in [0.4, 0.5) is 5.82 Å². The number of aryl methyl sites for hydroxylation is 2. The molecule has 0 bridgehead atoms. The molecule has 2 aromatic heterocycles. The maximum absolute atomic E-state index is 5.88. The Balaban J connectivity index is 2.33. The normalized spacial score (nSPS) is 10.5. The third kappa shape index (κ3) is 3.90. The molecular weight excluding hydrogens is 264 g/mol. The molecule has 2 heterocycles. The summed E-state index contributed by atoms with van der Waals surface area (Å²) < 4.78 is 5.88. The fourth-order valence-corrected chi connectivity index (χ4v) is 1.94. The van der Waals surface area contributed by atoms with Gasteiger partial charge in [-0.1, -0.05) is 6.92 Å². The molecule has 0 aliphatic rings. The first-order valence-corrected chi connectivity index (χ1v) is 7.36.